The van der Waals surface area contributed by atoms with Crippen LogP contribution in [0.4, 0.5) is 17.5 Å². The normalized spacial score (nSPS) is 10.7. The lowest BCUT2D eigenvalue weighted by molar-refractivity contribution is 0.949. The van der Waals surface area contributed by atoms with Crippen molar-refractivity contribution in [1.82, 2.24) is 20.2 Å². The second-order valence-electron chi connectivity index (χ2n) is 6.01. The van der Waals surface area contributed by atoms with Gasteiger partial charge in [0.15, 0.2) is 5.82 Å². The summed E-state index contributed by atoms with van der Waals surface area (Å²) >= 11 is 0. The third-order valence-electron chi connectivity index (χ3n) is 4.03. The van der Waals surface area contributed by atoms with Crippen LogP contribution in [0.15, 0.2) is 67.0 Å². The molecule has 0 aliphatic carbocycles. The molecule has 0 atom stereocenters. The lowest BCUT2D eigenvalue weighted by atomic mass is 10.1. The summed E-state index contributed by atoms with van der Waals surface area (Å²) in [6, 6.07) is 18.3. The molecule has 0 spiro atoms. The highest BCUT2D eigenvalue weighted by atomic mass is 15.3. The van der Waals surface area contributed by atoms with Gasteiger partial charge in [0.1, 0.15) is 0 Å². The van der Waals surface area contributed by atoms with Crippen LogP contribution in [0.1, 0.15) is 11.1 Å². The summed E-state index contributed by atoms with van der Waals surface area (Å²) in [6.45, 7) is 2.71. The van der Waals surface area contributed by atoms with Crippen molar-refractivity contribution in [3.63, 3.8) is 0 Å². The van der Waals surface area contributed by atoms with Crippen molar-refractivity contribution in [2.75, 3.05) is 10.6 Å². The molecular weight excluding hydrogens is 324 g/mol. The molecule has 6 nitrogen and oxygen atoms in total. The fourth-order valence-corrected chi connectivity index (χ4v) is 2.67. The second-order valence-corrected chi connectivity index (χ2v) is 6.01. The van der Waals surface area contributed by atoms with Crippen LogP contribution in [0.5, 0.6) is 0 Å². The van der Waals surface area contributed by atoms with E-state index in [2.05, 4.69) is 62.0 Å². The molecule has 4 rings (SSSR count). The van der Waals surface area contributed by atoms with E-state index in [4.69, 9.17) is 0 Å². The van der Waals surface area contributed by atoms with Gasteiger partial charge >= 0.3 is 0 Å². The Morgan fingerprint density at radius 3 is 2.69 bits per heavy atom. The zero-order valence-electron chi connectivity index (χ0n) is 14.3. The van der Waals surface area contributed by atoms with Crippen LogP contribution in [-0.2, 0) is 6.54 Å². The van der Waals surface area contributed by atoms with Crippen molar-refractivity contribution in [3.05, 3.63) is 78.1 Å². The topological polar surface area (TPSA) is 75.6 Å². The lowest BCUT2D eigenvalue weighted by Gasteiger charge is -2.09. The highest BCUT2D eigenvalue weighted by molar-refractivity contribution is 5.91. The van der Waals surface area contributed by atoms with Gasteiger partial charge in [-0.2, -0.15) is 10.1 Å². The Morgan fingerprint density at radius 2 is 1.81 bits per heavy atom. The predicted octanol–water partition coefficient (Wildman–Crippen LogP) is 4.08. The molecule has 0 fully saturated rings. The molecule has 4 aromatic rings. The van der Waals surface area contributed by atoms with E-state index in [1.807, 2.05) is 30.3 Å². The van der Waals surface area contributed by atoms with Gasteiger partial charge in [-0.3, -0.25) is 4.98 Å². The van der Waals surface area contributed by atoms with Crippen LogP contribution in [0, 0.1) is 6.92 Å². The number of hydrogen-bond donors (Lipinski definition) is 2. The van der Waals surface area contributed by atoms with Crippen molar-refractivity contribution >= 4 is 28.4 Å². The van der Waals surface area contributed by atoms with Crippen molar-refractivity contribution in [2.45, 2.75) is 13.5 Å². The molecule has 0 aliphatic rings. The van der Waals surface area contributed by atoms with Crippen LogP contribution in [0.2, 0.25) is 0 Å². The van der Waals surface area contributed by atoms with Crippen LogP contribution in [-0.4, -0.2) is 20.2 Å². The second kappa shape index (κ2) is 7.14. The van der Waals surface area contributed by atoms with Crippen molar-refractivity contribution in [1.29, 1.82) is 0 Å². The monoisotopic (exact) mass is 342 g/mol. The molecule has 0 amide bonds. The van der Waals surface area contributed by atoms with Crippen molar-refractivity contribution < 1.29 is 0 Å². The van der Waals surface area contributed by atoms with Gasteiger partial charge in [-0.05, 0) is 24.6 Å². The largest absolute Gasteiger partial charge is 0.349 e. The third kappa shape index (κ3) is 3.59. The summed E-state index contributed by atoms with van der Waals surface area (Å²) in [7, 11) is 0. The standard InChI is InChI=1S/C20H18N6/c1-14-7-9-15(10-8-14)12-22-20-25-18(13-23-26-20)24-17-6-2-4-16-5-3-11-21-19(16)17/h2-11,13H,12H2,1H3,(H2,22,24,25,26). The smallest absolute Gasteiger partial charge is 0.244 e. The van der Waals surface area contributed by atoms with E-state index in [1.165, 1.54) is 5.56 Å². The molecule has 26 heavy (non-hydrogen) atoms. The van der Waals surface area contributed by atoms with E-state index < -0.39 is 0 Å². The number of aromatic nitrogens is 4. The maximum atomic E-state index is 4.48. The molecular formula is C20H18N6. The Hall–Kier alpha value is -3.54. The first kappa shape index (κ1) is 16.0. The number of hydrogen-bond acceptors (Lipinski definition) is 6. The van der Waals surface area contributed by atoms with Gasteiger partial charge in [0, 0.05) is 18.1 Å². The van der Waals surface area contributed by atoms with Gasteiger partial charge in [-0.1, -0.05) is 48.0 Å². The minimum atomic E-state index is 0.476. The first-order chi connectivity index (χ1) is 12.8. The lowest BCUT2D eigenvalue weighted by Crippen LogP contribution is -2.06. The highest BCUT2D eigenvalue weighted by Gasteiger charge is 2.05. The Bertz CT molecular complexity index is 1020. The van der Waals surface area contributed by atoms with E-state index in [1.54, 1.807) is 12.4 Å². The van der Waals surface area contributed by atoms with E-state index in [-0.39, 0.29) is 0 Å². The molecule has 128 valence electrons. The highest BCUT2D eigenvalue weighted by Crippen LogP contribution is 2.23. The molecule has 2 aromatic carbocycles. The average molecular weight is 342 g/mol. The maximum Gasteiger partial charge on any atom is 0.244 e. The summed E-state index contributed by atoms with van der Waals surface area (Å²) in [4.78, 5) is 8.92. The zero-order chi connectivity index (χ0) is 17.8. The quantitative estimate of drug-likeness (QED) is 0.569. The Morgan fingerprint density at radius 1 is 0.962 bits per heavy atom. The molecule has 0 unspecified atom stereocenters. The summed E-state index contributed by atoms with van der Waals surface area (Å²) in [5.74, 6) is 1.09. The summed E-state index contributed by atoms with van der Waals surface area (Å²) < 4.78 is 0. The molecule has 0 saturated heterocycles. The molecule has 0 saturated carbocycles. The van der Waals surface area contributed by atoms with E-state index in [0.717, 1.165) is 22.2 Å². The molecule has 0 aliphatic heterocycles. The van der Waals surface area contributed by atoms with Gasteiger partial charge < -0.3 is 10.6 Å². The van der Waals surface area contributed by atoms with Gasteiger partial charge in [0.05, 0.1) is 17.4 Å². The van der Waals surface area contributed by atoms with Crippen LogP contribution in [0.3, 0.4) is 0 Å². The number of para-hydroxylation sites is 1. The number of nitrogens with zero attached hydrogens (tertiary/aromatic N) is 4. The number of rotatable bonds is 5. The predicted molar refractivity (Wildman–Crippen MR) is 103 cm³/mol. The minimum absolute atomic E-state index is 0.476. The van der Waals surface area contributed by atoms with Gasteiger partial charge in [-0.15, -0.1) is 5.10 Å². The number of anilines is 3. The first-order valence-corrected chi connectivity index (χ1v) is 8.38. The van der Waals surface area contributed by atoms with Crippen LogP contribution >= 0.6 is 0 Å². The zero-order valence-corrected chi connectivity index (χ0v) is 14.3. The first-order valence-electron chi connectivity index (χ1n) is 8.38. The third-order valence-corrected chi connectivity index (χ3v) is 4.03. The summed E-state index contributed by atoms with van der Waals surface area (Å²) in [6.07, 6.45) is 3.37. The SMILES string of the molecule is Cc1ccc(CNc2nncc(Nc3cccc4cccnc34)n2)cc1. The van der Waals surface area contributed by atoms with Gasteiger partial charge in [-0.25, -0.2) is 0 Å². The maximum absolute atomic E-state index is 4.48. The fourth-order valence-electron chi connectivity index (χ4n) is 2.67. The Kier molecular flexibility index (Phi) is 4.38. The number of pyridine rings is 1. The number of fused-ring (bicyclic) bond motifs is 1. The van der Waals surface area contributed by atoms with Crippen LogP contribution < -0.4 is 10.6 Å². The van der Waals surface area contributed by atoms with Gasteiger partial charge in [0.25, 0.3) is 0 Å². The number of nitrogens with one attached hydrogen (secondary N) is 2. The van der Waals surface area contributed by atoms with Crippen molar-refractivity contribution in [3.8, 4) is 0 Å². The van der Waals surface area contributed by atoms with Crippen LogP contribution in [0.25, 0.3) is 10.9 Å². The molecule has 0 bridgehead atoms. The van der Waals surface area contributed by atoms with E-state index in [9.17, 15) is 0 Å². The summed E-state index contributed by atoms with van der Waals surface area (Å²) in [5.41, 5.74) is 4.17. The Balaban J connectivity index is 1.51. The fraction of sp³-hybridized carbons (Fsp3) is 0.100. The van der Waals surface area contributed by atoms with E-state index >= 15 is 0 Å². The number of aryl methyl sites for hydroxylation is 1. The average Bonchev–Trinajstić information content (AvgIpc) is 2.68. The minimum Gasteiger partial charge on any atom is -0.349 e. The van der Waals surface area contributed by atoms with Crippen molar-refractivity contribution in [2.24, 2.45) is 0 Å². The molecule has 2 N–H and O–H groups in total. The molecule has 6 heteroatoms. The molecule has 2 aromatic heterocycles. The van der Waals surface area contributed by atoms with E-state index in [0.29, 0.717) is 18.3 Å². The summed E-state index contributed by atoms with van der Waals surface area (Å²) in [5, 5.41) is 15.6. The number of benzene rings is 2. The molecule has 0 radical (unpaired) electrons. The Labute approximate surface area is 151 Å². The molecule has 2 heterocycles. The van der Waals surface area contributed by atoms with Gasteiger partial charge in [0.2, 0.25) is 5.95 Å².